The Kier molecular flexibility index (Phi) is 6.25. The number of benzene rings is 1. The van der Waals surface area contributed by atoms with E-state index in [-0.39, 0.29) is 17.8 Å². The molecule has 1 heterocycles. The summed E-state index contributed by atoms with van der Waals surface area (Å²) in [5.74, 6) is 0.333. The van der Waals surface area contributed by atoms with Gasteiger partial charge in [-0.05, 0) is 50.3 Å². The Morgan fingerprint density at radius 2 is 1.90 bits per heavy atom. The average molecular weight is 414 g/mol. The van der Waals surface area contributed by atoms with Gasteiger partial charge in [0.2, 0.25) is 0 Å². The molecule has 6 heteroatoms. The fourth-order valence-electron chi connectivity index (χ4n) is 4.39. The van der Waals surface area contributed by atoms with Crippen molar-refractivity contribution in [1.29, 1.82) is 0 Å². The summed E-state index contributed by atoms with van der Waals surface area (Å²) in [4.78, 5) is 26.2. The van der Waals surface area contributed by atoms with Crippen LogP contribution in [0.3, 0.4) is 0 Å². The Balaban J connectivity index is 2.18. The molecule has 1 aromatic carbocycles. The molecule has 0 saturated heterocycles. The van der Waals surface area contributed by atoms with Crippen LogP contribution in [-0.4, -0.2) is 32.1 Å². The number of dihydropyridines is 1. The summed E-state index contributed by atoms with van der Waals surface area (Å²) in [5, 5.41) is 3.34. The predicted molar refractivity (Wildman–Crippen MR) is 114 cm³/mol. The second kappa shape index (κ2) is 8.54. The van der Waals surface area contributed by atoms with Crippen LogP contribution in [0.15, 0.2) is 40.7 Å². The van der Waals surface area contributed by atoms with E-state index in [0.29, 0.717) is 35.7 Å². The molecular weight excluding hydrogens is 382 g/mol. The topological polar surface area (TPSA) is 73.9 Å². The van der Waals surface area contributed by atoms with E-state index in [2.05, 4.69) is 19.2 Å². The fourth-order valence-corrected chi connectivity index (χ4v) is 4.39. The molecule has 0 amide bonds. The number of esters is 1. The molecule has 0 saturated carbocycles. The molecule has 1 atom stereocenters. The third kappa shape index (κ3) is 4.09. The van der Waals surface area contributed by atoms with Gasteiger partial charge in [-0.2, -0.15) is 0 Å². The number of carbonyl (C=O) groups excluding carboxylic acids is 2. The molecule has 30 heavy (non-hydrogen) atoms. The first-order valence-corrected chi connectivity index (χ1v) is 10.4. The van der Waals surface area contributed by atoms with E-state index in [9.17, 15) is 9.59 Å². The second-order valence-corrected chi connectivity index (χ2v) is 8.49. The van der Waals surface area contributed by atoms with Crippen LogP contribution in [0.25, 0.3) is 0 Å². The number of ketones is 1. The maximum atomic E-state index is 13.3. The number of methoxy groups -OCH3 is 1. The zero-order valence-electron chi connectivity index (χ0n) is 18.7. The highest BCUT2D eigenvalue weighted by Crippen LogP contribution is 2.47. The van der Waals surface area contributed by atoms with Crippen molar-refractivity contribution in [3.05, 3.63) is 46.3 Å². The van der Waals surface area contributed by atoms with Gasteiger partial charge in [-0.15, -0.1) is 0 Å². The third-order valence-corrected chi connectivity index (χ3v) is 5.56. The average Bonchev–Trinajstić information content (AvgIpc) is 2.66. The van der Waals surface area contributed by atoms with Crippen LogP contribution in [0.5, 0.6) is 11.5 Å². The van der Waals surface area contributed by atoms with Gasteiger partial charge in [0.05, 0.1) is 25.9 Å². The third-order valence-electron chi connectivity index (χ3n) is 5.56. The SMILES string of the molecule is CCOC(=O)C1=C(C)NC2=C(C(=O)CC(C)(C)C2)C1c1ccc(OCC)c(OC)c1. The van der Waals surface area contributed by atoms with Crippen molar-refractivity contribution in [2.24, 2.45) is 5.41 Å². The highest BCUT2D eigenvalue weighted by atomic mass is 16.5. The van der Waals surface area contributed by atoms with Crippen molar-refractivity contribution in [2.75, 3.05) is 20.3 Å². The van der Waals surface area contributed by atoms with Crippen molar-refractivity contribution >= 4 is 11.8 Å². The second-order valence-electron chi connectivity index (χ2n) is 8.49. The minimum Gasteiger partial charge on any atom is -0.493 e. The zero-order valence-corrected chi connectivity index (χ0v) is 18.7. The summed E-state index contributed by atoms with van der Waals surface area (Å²) >= 11 is 0. The number of hydrogen-bond acceptors (Lipinski definition) is 6. The lowest BCUT2D eigenvalue weighted by Crippen LogP contribution is -2.38. The van der Waals surface area contributed by atoms with Crippen LogP contribution < -0.4 is 14.8 Å². The number of allylic oxidation sites excluding steroid dienone is 3. The molecule has 0 bridgehead atoms. The Hall–Kier alpha value is -2.76. The summed E-state index contributed by atoms with van der Waals surface area (Å²) in [6, 6.07) is 5.58. The Morgan fingerprint density at radius 3 is 2.53 bits per heavy atom. The van der Waals surface area contributed by atoms with Gasteiger partial charge in [0, 0.05) is 29.3 Å². The van der Waals surface area contributed by atoms with E-state index >= 15 is 0 Å². The minimum atomic E-state index is -0.506. The first-order chi connectivity index (χ1) is 14.2. The first kappa shape index (κ1) is 21.9. The molecule has 1 N–H and O–H groups in total. The van der Waals surface area contributed by atoms with Crippen LogP contribution >= 0.6 is 0 Å². The highest BCUT2D eigenvalue weighted by Gasteiger charge is 2.43. The minimum absolute atomic E-state index is 0.0564. The van der Waals surface area contributed by atoms with Gasteiger partial charge in [-0.25, -0.2) is 4.79 Å². The largest absolute Gasteiger partial charge is 0.493 e. The molecule has 0 fully saturated rings. The van der Waals surface area contributed by atoms with E-state index in [1.54, 1.807) is 14.0 Å². The molecule has 0 spiro atoms. The molecule has 6 nitrogen and oxygen atoms in total. The monoisotopic (exact) mass is 413 g/mol. The molecule has 162 valence electrons. The van der Waals surface area contributed by atoms with Crippen LogP contribution in [0.2, 0.25) is 0 Å². The molecule has 0 radical (unpaired) electrons. The van der Waals surface area contributed by atoms with E-state index in [0.717, 1.165) is 23.4 Å². The van der Waals surface area contributed by atoms with E-state index in [1.165, 1.54) is 0 Å². The summed E-state index contributed by atoms with van der Waals surface area (Å²) in [7, 11) is 1.58. The van der Waals surface area contributed by atoms with Gasteiger partial charge >= 0.3 is 5.97 Å². The van der Waals surface area contributed by atoms with Gasteiger partial charge in [-0.3, -0.25) is 4.79 Å². The normalized spacial score (nSPS) is 20.5. The van der Waals surface area contributed by atoms with Crippen molar-refractivity contribution < 1.29 is 23.8 Å². The van der Waals surface area contributed by atoms with Gasteiger partial charge in [0.1, 0.15) is 0 Å². The van der Waals surface area contributed by atoms with Crippen molar-refractivity contribution in [2.45, 2.75) is 53.4 Å². The molecular formula is C24H31NO5. The van der Waals surface area contributed by atoms with E-state index < -0.39 is 11.9 Å². The van der Waals surface area contributed by atoms with Crippen LogP contribution in [0.1, 0.15) is 58.9 Å². The standard InChI is InChI=1S/C24H31NO5/c1-7-29-18-10-9-15(11-19(18)28-6)21-20(23(27)30-8-2)14(3)25-16-12-24(4,5)13-17(26)22(16)21/h9-11,21,25H,7-8,12-13H2,1-6H3. The van der Waals surface area contributed by atoms with Crippen molar-refractivity contribution in [3.63, 3.8) is 0 Å². The lowest BCUT2D eigenvalue weighted by Gasteiger charge is -2.39. The summed E-state index contributed by atoms with van der Waals surface area (Å²) in [5.41, 5.74) is 3.39. The number of carbonyl (C=O) groups is 2. The highest BCUT2D eigenvalue weighted by molar-refractivity contribution is 6.04. The summed E-state index contributed by atoms with van der Waals surface area (Å²) in [6.07, 6.45) is 1.18. The van der Waals surface area contributed by atoms with Crippen LogP contribution in [-0.2, 0) is 14.3 Å². The molecule has 1 aromatic rings. The molecule has 3 rings (SSSR count). The lowest BCUT2D eigenvalue weighted by atomic mass is 9.68. The Morgan fingerprint density at radius 1 is 1.17 bits per heavy atom. The number of nitrogens with one attached hydrogen (secondary N) is 1. The zero-order chi connectivity index (χ0) is 22.1. The van der Waals surface area contributed by atoms with Gasteiger partial charge in [0.15, 0.2) is 17.3 Å². The van der Waals surface area contributed by atoms with E-state index in [4.69, 9.17) is 14.2 Å². The molecule has 1 aliphatic carbocycles. The fraction of sp³-hybridized carbons (Fsp3) is 0.500. The van der Waals surface area contributed by atoms with Crippen molar-refractivity contribution in [1.82, 2.24) is 5.32 Å². The smallest absolute Gasteiger partial charge is 0.336 e. The van der Waals surface area contributed by atoms with Crippen LogP contribution in [0.4, 0.5) is 0 Å². The summed E-state index contributed by atoms with van der Waals surface area (Å²) in [6.45, 7) is 10.5. The number of rotatable bonds is 6. The van der Waals surface area contributed by atoms with Gasteiger partial charge in [0.25, 0.3) is 0 Å². The molecule has 1 aliphatic heterocycles. The first-order valence-electron chi connectivity index (χ1n) is 10.4. The lowest BCUT2D eigenvalue weighted by molar-refractivity contribution is -0.138. The van der Waals surface area contributed by atoms with Crippen LogP contribution in [0, 0.1) is 5.41 Å². The molecule has 1 unspecified atom stereocenters. The Labute approximate surface area is 178 Å². The maximum absolute atomic E-state index is 13.3. The molecule has 0 aromatic heterocycles. The predicted octanol–water partition coefficient (Wildman–Crippen LogP) is 4.26. The Bertz CT molecular complexity index is 926. The number of ether oxygens (including phenoxy) is 3. The number of Topliss-reactive ketones (excluding diaryl/α,β-unsaturated/α-hetero) is 1. The quantitative estimate of drug-likeness (QED) is 0.703. The molecule has 2 aliphatic rings. The maximum Gasteiger partial charge on any atom is 0.336 e. The number of hydrogen-bond donors (Lipinski definition) is 1. The van der Waals surface area contributed by atoms with Gasteiger partial charge in [-0.1, -0.05) is 19.9 Å². The summed E-state index contributed by atoms with van der Waals surface area (Å²) < 4.78 is 16.5. The van der Waals surface area contributed by atoms with Crippen molar-refractivity contribution in [3.8, 4) is 11.5 Å². The van der Waals surface area contributed by atoms with E-state index in [1.807, 2.05) is 32.0 Å². The van der Waals surface area contributed by atoms with Gasteiger partial charge < -0.3 is 19.5 Å².